The lowest BCUT2D eigenvalue weighted by atomic mass is 9.72. The van der Waals surface area contributed by atoms with Gasteiger partial charge in [-0.05, 0) is 54.5 Å². The van der Waals surface area contributed by atoms with Crippen LogP contribution in [0.1, 0.15) is 47.7 Å². The van der Waals surface area contributed by atoms with Gasteiger partial charge in [-0.2, -0.15) is 4.98 Å². The van der Waals surface area contributed by atoms with Crippen LogP contribution in [0, 0.1) is 5.82 Å². The van der Waals surface area contributed by atoms with Crippen molar-refractivity contribution in [2.24, 2.45) is 0 Å². The molecule has 1 aliphatic heterocycles. The fourth-order valence-corrected chi connectivity index (χ4v) is 5.04. The highest BCUT2D eigenvalue weighted by molar-refractivity contribution is 5.76. The molecule has 1 fully saturated rings. The van der Waals surface area contributed by atoms with Crippen molar-refractivity contribution >= 4 is 5.91 Å². The number of piperidine rings is 1. The quantitative estimate of drug-likeness (QED) is 0.330. The Balaban J connectivity index is 1.27. The van der Waals surface area contributed by atoms with Gasteiger partial charge in [0.25, 0.3) is 0 Å². The SMILES string of the molecule is O=C(CCc1ccc(F)cc1)N1CCC(c2ccccc2)(c2noc(CCc3ccccc3)n2)CC1. The Bertz CT molecular complexity index is 1260. The predicted molar refractivity (Wildman–Crippen MR) is 136 cm³/mol. The first-order chi connectivity index (χ1) is 17.6. The number of hydrogen-bond acceptors (Lipinski definition) is 4. The molecule has 0 N–H and O–H groups in total. The van der Waals surface area contributed by atoms with Gasteiger partial charge in [0.05, 0.1) is 5.41 Å². The van der Waals surface area contributed by atoms with E-state index in [2.05, 4.69) is 29.4 Å². The topological polar surface area (TPSA) is 59.2 Å². The number of rotatable bonds is 8. The van der Waals surface area contributed by atoms with Crippen molar-refractivity contribution < 1.29 is 13.7 Å². The second kappa shape index (κ2) is 10.9. The summed E-state index contributed by atoms with van der Waals surface area (Å²) in [5.41, 5.74) is 2.97. The van der Waals surface area contributed by atoms with Crippen molar-refractivity contribution in [1.29, 1.82) is 0 Å². The number of benzene rings is 3. The van der Waals surface area contributed by atoms with Crippen molar-refractivity contribution in [3.05, 3.63) is 119 Å². The van der Waals surface area contributed by atoms with Crippen molar-refractivity contribution in [3.63, 3.8) is 0 Å². The molecule has 4 aromatic rings. The van der Waals surface area contributed by atoms with Gasteiger partial charge in [0.1, 0.15) is 5.82 Å². The molecule has 6 heteroatoms. The van der Waals surface area contributed by atoms with Crippen LogP contribution in [-0.2, 0) is 29.5 Å². The van der Waals surface area contributed by atoms with Crippen molar-refractivity contribution in [1.82, 2.24) is 15.0 Å². The monoisotopic (exact) mass is 483 g/mol. The summed E-state index contributed by atoms with van der Waals surface area (Å²) in [7, 11) is 0. The fraction of sp³-hybridized carbons (Fsp3) is 0.300. The molecule has 1 amide bonds. The first-order valence-corrected chi connectivity index (χ1v) is 12.6. The first kappa shape index (κ1) is 23.9. The summed E-state index contributed by atoms with van der Waals surface area (Å²) in [5, 5.41) is 4.43. The molecule has 0 atom stereocenters. The molecule has 0 spiro atoms. The Hall–Kier alpha value is -3.80. The summed E-state index contributed by atoms with van der Waals surface area (Å²) >= 11 is 0. The molecule has 184 valence electrons. The zero-order valence-corrected chi connectivity index (χ0v) is 20.3. The number of aryl methyl sites for hydroxylation is 3. The Labute approximate surface area is 211 Å². The molecule has 0 saturated carbocycles. The number of hydrogen-bond donors (Lipinski definition) is 0. The average molecular weight is 484 g/mol. The van der Waals surface area contributed by atoms with E-state index in [1.54, 1.807) is 12.1 Å². The molecule has 1 saturated heterocycles. The van der Waals surface area contributed by atoms with Gasteiger partial charge in [-0.3, -0.25) is 4.79 Å². The molecule has 1 aliphatic rings. The van der Waals surface area contributed by atoms with E-state index in [0.717, 1.165) is 30.4 Å². The van der Waals surface area contributed by atoms with Gasteiger partial charge < -0.3 is 9.42 Å². The lowest BCUT2D eigenvalue weighted by molar-refractivity contribution is -0.132. The summed E-state index contributed by atoms with van der Waals surface area (Å²) in [5.74, 6) is 1.21. The number of likely N-dealkylation sites (tertiary alicyclic amines) is 1. The molecule has 0 unspecified atom stereocenters. The molecule has 0 radical (unpaired) electrons. The summed E-state index contributed by atoms with van der Waals surface area (Å²) in [4.78, 5) is 19.7. The van der Waals surface area contributed by atoms with E-state index in [9.17, 15) is 9.18 Å². The molecule has 5 rings (SSSR count). The molecular weight excluding hydrogens is 453 g/mol. The highest BCUT2D eigenvalue weighted by Crippen LogP contribution is 2.40. The maximum atomic E-state index is 13.2. The Morgan fingerprint density at radius 1 is 0.833 bits per heavy atom. The van der Waals surface area contributed by atoms with Crippen LogP contribution in [0.3, 0.4) is 0 Å². The van der Waals surface area contributed by atoms with Crippen LogP contribution in [0.25, 0.3) is 0 Å². The molecule has 36 heavy (non-hydrogen) atoms. The summed E-state index contributed by atoms with van der Waals surface area (Å²) < 4.78 is 18.8. The zero-order valence-electron chi connectivity index (χ0n) is 20.3. The summed E-state index contributed by atoms with van der Waals surface area (Å²) in [6.07, 6.45) is 4.02. The van der Waals surface area contributed by atoms with E-state index in [4.69, 9.17) is 9.51 Å². The third-order valence-corrected chi connectivity index (χ3v) is 7.20. The standard InChI is InChI=1S/C30H30FN3O2/c31-26-15-11-24(12-16-26)14-18-28(35)34-21-19-30(20-22-34,25-9-5-2-6-10-25)29-32-27(36-33-29)17-13-23-7-3-1-4-8-23/h1-12,15-16H,13-14,17-22H2. The second-order valence-electron chi connectivity index (χ2n) is 9.45. The van der Waals surface area contributed by atoms with Crippen LogP contribution in [0.4, 0.5) is 4.39 Å². The molecule has 1 aromatic heterocycles. The van der Waals surface area contributed by atoms with Gasteiger partial charge in [-0.25, -0.2) is 4.39 Å². The van der Waals surface area contributed by atoms with E-state index in [0.29, 0.717) is 44.1 Å². The second-order valence-corrected chi connectivity index (χ2v) is 9.45. The van der Waals surface area contributed by atoms with Gasteiger partial charge in [0.2, 0.25) is 11.8 Å². The van der Waals surface area contributed by atoms with Crippen LogP contribution in [0.15, 0.2) is 89.5 Å². The number of halogens is 1. The largest absolute Gasteiger partial charge is 0.343 e. The number of nitrogens with zero attached hydrogens (tertiary/aromatic N) is 3. The van der Waals surface area contributed by atoms with E-state index < -0.39 is 0 Å². The molecule has 0 aliphatic carbocycles. The predicted octanol–water partition coefficient (Wildman–Crippen LogP) is 5.54. The molecule has 0 bridgehead atoms. The average Bonchev–Trinajstić information content (AvgIpc) is 3.42. The molecule has 5 nitrogen and oxygen atoms in total. The van der Waals surface area contributed by atoms with Gasteiger partial charge >= 0.3 is 0 Å². The number of amides is 1. The molecule has 2 heterocycles. The minimum atomic E-state index is -0.385. The van der Waals surface area contributed by atoms with Crippen LogP contribution in [0.5, 0.6) is 0 Å². The highest BCUT2D eigenvalue weighted by Gasteiger charge is 2.42. The lowest BCUT2D eigenvalue weighted by Crippen LogP contribution is -2.46. The van der Waals surface area contributed by atoms with Gasteiger partial charge in [-0.1, -0.05) is 78.0 Å². The maximum absolute atomic E-state index is 13.2. The van der Waals surface area contributed by atoms with Gasteiger partial charge in [0.15, 0.2) is 5.82 Å². The Kier molecular flexibility index (Phi) is 7.21. The normalized spacial score (nSPS) is 15.1. The highest BCUT2D eigenvalue weighted by atomic mass is 19.1. The minimum absolute atomic E-state index is 0.123. The van der Waals surface area contributed by atoms with E-state index in [1.807, 2.05) is 41.3 Å². The van der Waals surface area contributed by atoms with Crippen LogP contribution in [0.2, 0.25) is 0 Å². The Morgan fingerprint density at radius 2 is 1.47 bits per heavy atom. The van der Waals surface area contributed by atoms with Gasteiger partial charge in [-0.15, -0.1) is 0 Å². The van der Waals surface area contributed by atoms with Crippen LogP contribution >= 0.6 is 0 Å². The smallest absolute Gasteiger partial charge is 0.227 e. The zero-order chi connectivity index (χ0) is 24.8. The van der Waals surface area contributed by atoms with E-state index in [-0.39, 0.29) is 17.1 Å². The molecular formula is C30H30FN3O2. The minimum Gasteiger partial charge on any atom is -0.343 e. The van der Waals surface area contributed by atoms with Crippen molar-refractivity contribution in [2.45, 2.75) is 43.9 Å². The van der Waals surface area contributed by atoms with Crippen molar-refractivity contribution in [3.8, 4) is 0 Å². The third-order valence-electron chi connectivity index (χ3n) is 7.20. The first-order valence-electron chi connectivity index (χ1n) is 12.6. The Morgan fingerprint density at radius 3 is 2.17 bits per heavy atom. The maximum Gasteiger partial charge on any atom is 0.227 e. The molecule has 3 aromatic carbocycles. The van der Waals surface area contributed by atoms with Crippen LogP contribution < -0.4 is 0 Å². The lowest BCUT2D eigenvalue weighted by Gasteiger charge is -2.40. The van der Waals surface area contributed by atoms with E-state index in [1.165, 1.54) is 17.7 Å². The van der Waals surface area contributed by atoms with Crippen molar-refractivity contribution in [2.75, 3.05) is 13.1 Å². The fourth-order valence-electron chi connectivity index (χ4n) is 5.04. The third kappa shape index (κ3) is 5.38. The summed E-state index contributed by atoms with van der Waals surface area (Å²) in [6.45, 7) is 1.26. The van der Waals surface area contributed by atoms with Gasteiger partial charge in [0, 0.05) is 25.9 Å². The number of aromatic nitrogens is 2. The number of carbonyl (C=O) groups excluding carboxylic acids is 1. The van der Waals surface area contributed by atoms with Crippen LogP contribution in [-0.4, -0.2) is 34.0 Å². The number of carbonyl (C=O) groups is 1. The summed E-state index contributed by atoms with van der Waals surface area (Å²) in [6, 6.07) is 27.0. The van der Waals surface area contributed by atoms with E-state index >= 15 is 0 Å².